The molecule has 1 aliphatic rings. The van der Waals surface area contributed by atoms with Gasteiger partial charge < -0.3 is 10.1 Å². The van der Waals surface area contributed by atoms with Gasteiger partial charge in [-0.15, -0.1) is 0 Å². The van der Waals surface area contributed by atoms with Gasteiger partial charge in [-0.25, -0.2) is 13.8 Å². The van der Waals surface area contributed by atoms with Gasteiger partial charge in [-0.1, -0.05) is 29.8 Å². The van der Waals surface area contributed by atoms with Gasteiger partial charge in [-0.2, -0.15) is 0 Å². The number of ether oxygens (including phenoxy) is 1. The van der Waals surface area contributed by atoms with Crippen molar-refractivity contribution in [2.45, 2.75) is 6.61 Å². The number of amides is 1. The Morgan fingerprint density at radius 3 is 2.59 bits per heavy atom. The van der Waals surface area contributed by atoms with E-state index in [1.807, 2.05) is 0 Å². The minimum atomic E-state index is -0.360. The summed E-state index contributed by atoms with van der Waals surface area (Å²) in [5, 5.41) is 3.38. The monoisotopic (exact) mass is 534 g/mol. The molecule has 0 atom stereocenters. The highest BCUT2D eigenvalue weighted by Gasteiger charge is 2.24. The van der Waals surface area contributed by atoms with Gasteiger partial charge >= 0.3 is 0 Å². The van der Waals surface area contributed by atoms with Crippen molar-refractivity contribution in [2.24, 2.45) is 4.99 Å². The van der Waals surface area contributed by atoms with Gasteiger partial charge in [0.25, 0.3) is 5.91 Å². The van der Waals surface area contributed by atoms with Crippen LogP contribution >= 0.6 is 39.3 Å². The van der Waals surface area contributed by atoms with Crippen molar-refractivity contribution in [3.05, 3.63) is 97.8 Å². The summed E-state index contributed by atoms with van der Waals surface area (Å²) in [6, 6.07) is 15.4. The Morgan fingerprint density at radius 1 is 1.12 bits per heavy atom. The molecule has 4 nitrogen and oxygen atoms in total. The third-order valence-electron chi connectivity index (χ3n) is 4.36. The molecule has 4 rings (SSSR count). The topological polar surface area (TPSA) is 50.7 Å². The summed E-state index contributed by atoms with van der Waals surface area (Å²) >= 11 is 11.0. The number of hydrogen-bond donors (Lipinski definition) is 1. The zero-order chi connectivity index (χ0) is 22.7. The lowest BCUT2D eigenvalue weighted by Crippen LogP contribution is -2.19. The van der Waals surface area contributed by atoms with Crippen LogP contribution in [0.25, 0.3) is 6.08 Å². The molecule has 1 fully saturated rings. The average molecular weight is 536 g/mol. The minimum Gasteiger partial charge on any atom is -0.486 e. The summed E-state index contributed by atoms with van der Waals surface area (Å²) in [7, 11) is 0. The third kappa shape index (κ3) is 5.38. The minimum absolute atomic E-state index is 0.0207. The zero-order valence-corrected chi connectivity index (χ0v) is 19.4. The fraction of sp³-hybridized carbons (Fsp3) is 0.0435. The number of carbonyl (C=O) groups excluding carboxylic acids is 1. The van der Waals surface area contributed by atoms with Crippen LogP contribution in [0.3, 0.4) is 0 Å². The number of rotatable bonds is 5. The molecule has 0 spiro atoms. The van der Waals surface area contributed by atoms with Gasteiger partial charge in [0.2, 0.25) is 0 Å². The van der Waals surface area contributed by atoms with Gasteiger partial charge in [-0.05, 0) is 81.8 Å². The van der Waals surface area contributed by atoms with Crippen molar-refractivity contribution in [3.63, 3.8) is 0 Å². The molecular weight excluding hydrogens is 522 g/mol. The molecule has 3 aromatic carbocycles. The lowest BCUT2D eigenvalue weighted by Gasteiger charge is -2.12. The van der Waals surface area contributed by atoms with Crippen LogP contribution in [0.1, 0.15) is 11.1 Å². The van der Waals surface area contributed by atoms with Crippen molar-refractivity contribution < 1.29 is 18.3 Å². The fourth-order valence-corrected chi connectivity index (χ4v) is 4.66. The maximum absolute atomic E-state index is 13.8. The zero-order valence-electron chi connectivity index (χ0n) is 16.2. The Labute approximate surface area is 200 Å². The first-order chi connectivity index (χ1) is 15.4. The Balaban J connectivity index is 1.51. The third-order valence-corrected chi connectivity index (χ3v) is 6.14. The number of aliphatic imine (C=N–C) groups is 1. The lowest BCUT2D eigenvalue weighted by atomic mass is 10.2. The Kier molecular flexibility index (Phi) is 6.93. The molecule has 32 heavy (non-hydrogen) atoms. The van der Waals surface area contributed by atoms with Crippen LogP contribution in [0.2, 0.25) is 5.02 Å². The van der Waals surface area contributed by atoms with E-state index in [0.29, 0.717) is 42.1 Å². The Bertz CT molecular complexity index is 1230. The van der Waals surface area contributed by atoms with Crippen molar-refractivity contribution in [1.29, 1.82) is 0 Å². The van der Waals surface area contributed by atoms with Crippen LogP contribution in [-0.4, -0.2) is 11.1 Å². The normalized spacial score (nSPS) is 15.9. The number of amidine groups is 1. The molecule has 0 unspecified atom stereocenters. The number of thioether (sulfide) groups is 1. The summed E-state index contributed by atoms with van der Waals surface area (Å²) in [4.78, 5) is 17.0. The number of nitrogens with one attached hydrogen (secondary N) is 1. The quantitative estimate of drug-likeness (QED) is 0.364. The fourth-order valence-electron chi connectivity index (χ4n) is 2.83. The van der Waals surface area contributed by atoms with E-state index in [0.717, 1.165) is 11.8 Å². The maximum atomic E-state index is 13.8. The number of nitrogens with zero attached hydrogens (tertiary/aromatic N) is 1. The van der Waals surface area contributed by atoms with E-state index in [9.17, 15) is 13.6 Å². The summed E-state index contributed by atoms with van der Waals surface area (Å²) < 4.78 is 33.1. The van der Waals surface area contributed by atoms with Crippen LogP contribution < -0.4 is 10.1 Å². The summed E-state index contributed by atoms with van der Waals surface area (Å²) in [6.07, 6.45) is 1.67. The molecule has 3 aromatic rings. The van der Waals surface area contributed by atoms with Crippen LogP contribution in [0.4, 0.5) is 14.5 Å². The standard InChI is InChI=1S/C23H14BrClF2N2O2S/c24-17-9-13(10-18(25)21(17)31-12-14-3-1-2-4-19(14)27)11-20-22(30)29-23(32-20)28-16-7-5-15(26)6-8-16/h1-11H,12H2,(H,28,29,30)/b20-11+. The maximum Gasteiger partial charge on any atom is 0.264 e. The molecule has 9 heteroatoms. The van der Waals surface area contributed by atoms with E-state index in [2.05, 4.69) is 26.2 Å². The smallest absolute Gasteiger partial charge is 0.264 e. The second-order valence-corrected chi connectivity index (χ2v) is 8.94. The van der Waals surface area contributed by atoms with Gasteiger partial charge in [0.1, 0.15) is 18.2 Å². The second-order valence-electron chi connectivity index (χ2n) is 6.65. The van der Waals surface area contributed by atoms with E-state index in [1.54, 1.807) is 36.4 Å². The van der Waals surface area contributed by atoms with E-state index in [1.165, 1.54) is 30.3 Å². The first kappa shape index (κ1) is 22.5. The summed E-state index contributed by atoms with van der Waals surface area (Å²) in [6.45, 7) is 0.0207. The molecule has 1 amide bonds. The van der Waals surface area contributed by atoms with Crippen LogP contribution in [-0.2, 0) is 11.4 Å². The Morgan fingerprint density at radius 2 is 1.88 bits per heavy atom. The predicted molar refractivity (Wildman–Crippen MR) is 127 cm³/mol. The Hall–Kier alpha value is -2.68. The highest BCUT2D eigenvalue weighted by Crippen LogP contribution is 2.37. The lowest BCUT2D eigenvalue weighted by molar-refractivity contribution is -0.115. The highest BCUT2D eigenvalue weighted by molar-refractivity contribution is 9.10. The second kappa shape index (κ2) is 9.85. The van der Waals surface area contributed by atoms with E-state index >= 15 is 0 Å². The van der Waals surface area contributed by atoms with Crippen molar-refractivity contribution >= 4 is 62.1 Å². The van der Waals surface area contributed by atoms with Crippen LogP contribution in [0, 0.1) is 11.6 Å². The van der Waals surface area contributed by atoms with E-state index < -0.39 is 0 Å². The van der Waals surface area contributed by atoms with Crippen LogP contribution in [0.5, 0.6) is 5.75 Å². The number of benzene rings is 3. The predicted octanol–water partition coefficient (Wildman–Crippen LogP) is 6.85. The summed E-state index contributed by atoms with van der Waals surface area (Å²) in [5.74, 6) is -0.646. The molecule has 162 valence electrons. The molecule has 1 saturated heterocycles. The molecule has 0 bridgehead atoms. The molecule has 1 aliphatic heterocycles. The van der Waals surface area contributed by atoms with E-state index in [4.69, 9.17) is 16.3 Å². The van der Waals surface area contributed by atoms with Gasteiger partial charge in [0.05, 0.1) is 20.1 Å². The first-order valence-electron chi connectivity index (χ1n) is 9.29. The molecular formula is C23H14BrClF2N2O2S. The number of halogens is 4. The van der Waals surface area contributed by atoms with Crippen molar-refractivity contribution in [3.8, 4) is 5.75 Å². The molecule has 0 aliphatic carbocycles. The number of carbonyl (C=O) groups is 1. The van der Waals surface area contributed by atoms with Crippen molar-refractivity contribution in [2.75, 3.05) is 0 Å². The SMILES string of the molecule is O=C1NC(=Nc2ccc(F)cc2)S/C1=C/c1cc(Cl)c(OCc2ccccc2F)c(Br)c1. The van der Waals surface area contributed by atoms with Gasteiger partial charge in [-0.3, -0.25) is 4.79 Å². The first-order valence-corrected chi connectivity index (χ1v) is 11.3. The van der Waals surface area contributed by atoms with E-state index in [-0.39, 0.29) is 24.1 Å². The molecule has 1 N–H and O–H groups in total. The number of hydrogen-bond acceptors (Lipinski definition) is 4. The molecule has 0 aromatic heterocycles. The largest absolute Gasteiger partial charge is 0.486 e. The summed E-state index contributed by atoms with van der Waals surface area (Å²) in [5.41, 5.74) is 1.60. The molecule has 1 heterocycles. The average Bonchev–Trinajstić information content (AvgIpc) is 3.09. The molecule has 0 radical (unpaired) electrons. The van der Waals surface area contributed by atoms with Crippen LogP contribution in [0.15, 0.2) is 75.0 Å². The van der Waals surface area contributed by atoms with Gasteiger partial charge in [0.15, 0.2) is 10.9 Å². The highest BCUT2D eigenvalue weighted by atomic mass is 79.9. The van der Waals surface area contributed by atoms with Crippen molar-refractivity contribution in [1.82, 2.24) is 5.32 Å². The molecule has 0 saturated carbocycles. The van der Waals surface area contributed by atoms with Gasteiger partial charge in [0, 0.05) is 5.56 Å².